The Labute approximate surface area is 156 Å². The highest BCUT2D eigenvalue weighted by Gasteiger charge is 2.20. The maximum absolute atomic E-state index is 12.9. The summed E-state index contributed by atoms with van der Waals surface area (Å²) in [7, 11) is 0. The molecular weight excluding hydrogens is 407 g/mol. The van der Waals surface area contributed by atoms with Crippen LogP contribution in [0.3, 0.4) is 0 Å². The van der Waals surface area contributed by atoms with Gasteiger partial charge >= 0.3 is 0 Å². The molecule has 5 nitrogen and oxygen atoms in total. The van der Waals surface area contributed by atoms with Crippen LogP contribution in [-0.2, 0) is 6.42 Å². The molecule has 0 aliphatic carbocycles. The minimum atomic E-state index is -0.322. The summed E-state index contributed by atoms with van der Waals surface area (Å²) in [5.74, 6) is -0.352. The van der Waals surface area contributed by atoms with Crippen LogP contribution >= 0.6 is 27.3 Å². The van der Waals surface area contributed by atoms with Gasteiger partial charge in [0.2, 0.25) is 0 Å². The van der Waals surface area contributed by atoms with Gasteiger partial charge in [0.05, 0.1) is 10.2 Å². The number of aromatic amines is 1. The van der Waals surface area contributed by atoms with Crippen molar-refractivity contribution in [1.82, 2.24) is 15.2 Å². The van der Waals surface area contributed by atoms with E-state index in [9.17, 15) is 9.18 Å². The maximum Gasteiger partial charge on any atom is 0.279 e. The van der Waals surface area contributed by atoms with Crippen LogP contribution in [0, 0.1) is 5.82 Å². The first kappa shape index (κ1) is 17.8. The Kier molecular flexibility index (Phi) is 5.29. The van der Waals surface area contributed by atoms with Crippen LogP contribution in [0.25, 0.3) is 0 Å². The largest absolute Gasteiger partial charge is 0.296 e. The van der Waals surface area contributed by atoms with E-state index in [4.69, 9.17) is 0 Å². The summed E-state index contributed by atoms with van der Waals surface area (Å²) >= 11 is 4.80. The molecule has 0 saturated carbocycles. The second kappa shape index (κ2) is 7.45. The molecule has 0 spiro atoms. The van der Waals surface area contributed by atoms with Crippen molar-refractivity contribution < 1.29 is 9.18 Å². The maximum atomic E-state index is 12.9. The van der Waals surface area contributed by atoms with Gasteiger partial charge in [-0.1, -0.05) is 26.0 Å². The Balaban J connectivity index is 1.68. The van der Waals surface area contributed by atoms with Crippen molar-refractivity contribution in [2.45, 2.75) is 26.2 Å². The molecule has 2 aromatic heterocycles. The second-order valence-electron chi connectivity index (χ2n) is 5.84. The lowest BCUT2D eigenvalue weighted by atomic mass is 10.1. The second-order valence-corrected chi connectivity index (χ2v) is 7.75. The number of nitrogens with one attached hydrogen (secondary N) is 2. The third-order valence-electron chi connectivity index (χ3n) is 3.59. The lowest BCUT2D eigenvalue weighted by molar-refractivity contribution is 0.102. The highest BCUT2D eigenvalue weighted by Crippen LogP contribution is 2.27. The fourth-order valence-electron chi connectivity index (χ4n) is 2.28. The smallest absolute Gasteiger partial charge is 0.279 e. The fraction of sp³-hybridized carbons (Fsp3) is 0.235. The Morgan fingerprint density at radius 1 is 1.36 bits per heavy atom. The molecule has 0 saturated heterocycles. The van der Waals surface area contributed by atoms with Gasteiger partial charge in [0.15, 0.2) is 10.8 Å². The molecule has 2 heterocycles. The minimum absolute atomic E-state index is 0.227. The number of aromatic nitrogens is 3. The number of nitrogens with zero attached hydrogens (tertiary/aromatic N) is 2. The SMILES string of the molecule is CC(C)c1[nH]nc(C(=O)Nc2ncc(Cc3ccc(F)cc3)s2)c1Br. The van der Waals surface area contributed by atoms with Crippen molar-refractivity contribution in [2.24, 2.45) is 0 Å². The summed E-state index contributed by atoms with van der Waals surface area (Å²) in [5.41, 5.74) is 2.17. The molecule has 0 fully saturated rings. The zero-order valence-electron chi connectivity index (χ0n) is 13.6. The van der Waals surface area contributed by atoms with E-state index in [2.05, 4.69) is 36.4 Å². The number of H-pyrrole nitrogens is 1. The number of carbonyl (C=O) groups is 1. The van der Waals surface area contributed by atoms with E-state index in [0.29, 0.717) is 21.7 Å². The van der Waals surface area contributed by atoms with Gasteiger partial charge in [-0.05, 0) is 39.5 Å². The number of rotatable bonds is 5. The number of hydrogen-bond acceptors (Lipinski definition) is 4. The van der Waals surface area contributed by atoms with Crippen molar-refractivity contribution in [3.63, 3.8) is 0 Å². The number of amides is 1. The van der Waals surface area contributed by atoms with E-state index < -0.39 is 0 Å². The van der Waals surface area contributed by atoms with Crippen LogP contribution in [0.1, 0.15) is 46.4 Å². The van der Waals surface area contributed by atoms with Gasteiger partial charge in [-0.25, -0.2) is 9.37 Å². The normalized spacial score (nSPS) is 11.1. The molecular formula is C17H16BrFN4OS. The van der Waals surface area contributed by atoms with E-state index >= 15 is 0 Å². The molecule has 25 heavy (non-hydrogen) atoms. The number of halogens is 2. The van der Waals surface area contributed by atoms with E-state index in [-0.39, 0.29) is 17.6 Å². The van der Waals surface area contributed by atoms with Crippen molar-refractivity contribution >= 4 is 38.3 Å². The summed E-state index contributed by atoms with van der Waals surface area (Å²) in [6.07, 6.45) is 2.35. The zero-order valence-corrected chi connectivity index (χ0v) is 16.0. The number of thiazole rings is 1. The highest BCUT2D eigenvalue weighted by molar-refractivity contribution is 9.10. The summed E-state index contributed by atoms with van der Waals surface area (Å²) < 4.78 is 13.6. The van der Waals surface area contributed by atoms with Gasteiger partial charge < -0.3 is 0 Å². The Hall–Kier alpha value is -2.06. The summed E-state index contributed by atoms with van der Waals surface area (Å²) in [6, 6.07) is 6.34. The predicted octanol–water partition coefficient (Wildman–Crippen LogP) is 4.73. The number of carbonyl (C=O) groups excluding carboxylic acids is 1. The van der Waals surface area contributed by atoms with Crippen molar-refractivity contribution in [2.75, 3.05) is 5.32 Å². The average molecular weight is 423 g/mol. The molecule has 0 radical (unpaired) electrons. The molecule has 8 heteroatoms. The van der Waals surface area contributed by atoms with E-state index in [1.807, 2.05) is 13.8 Å². The van der Waals surface area contributed by atoms with E-state index in [0.717, 1.165) is 16.1 Å². The molecule has 1 aromatic carbocycles. The molecule has 1 amide bonds. The van der Waals surface area contributed by atoms with Crippen LogP contribution < -0.4 is 5.32 Å². The summed E-state index contributed by atoms with van der Waals surface area (Å²) in [6.45, 7) is 4.03. The zero-order chi connectivity index (χ0) is 18.0. The van der Waals surface area contributed by atoms with Crippen molar-refractivity contribution in [3.8, 4) is 0 Å². The van der Waals surface area contributed by atoms with E-state index in [1.165, 1.54) is 23.5 Å². The van der Waals surface area contributed by atoms with Crippen LogP contribution in [-0.4, -0.2) is 21.1 Å². The molecule has 2 N–H and O–H groups in total. The summed E-state index contributed by atoms with van der Waals surface area (Å²) in [4.78, 5) is 17.6. The topological polar surface area (TPSA) is 70.7 Å². The van der Waals surface area contributed by atoms with Crippen LogP contribution in [0.4, 0.5) is 9.52 Å². The van der Waals surface area contributed by atoms with Crippen LogP contribution in [0.2, 0.25) is 0 Å². The molecule has 0 aliphatic rings. The van der Waals surface area contributed by atoms with Crippen LogP contribution in [0.15, 0.2) is 34.9 Å². The standard InChI is InChI=1S/C17H16BrFN4OS/c1-9(2)14-13(18)15(23-22-14)16(24)21-17-20-8-12(25-17)7-10-3-5-11(19)6-4-10/h3-6,8-9H,7H2,1-2H3,(H,22,23)(H,20,21,24). The number of benzene rings is 1. The predicted molar refractivity (Wildman–Crippen MR) is 99.6 cm³/mol. The molecule has 130 valence electrons. The fourth-order valence-corrected chi connectivity index (χ4v) is 3.94. The molecule has 0 aliphatic heterocycles. The first-order valence-electron chi connectivity index (χ1n) is 7.68. The third kappa shape index (κ3) is 4.13. The summed E-state index contributed by atoms with van der Waals surface area (Å²) in [5, 5.41) is 10.2. The minimum Gasteiger partial charge on any atom is -0.296 e. The van der Waals surface area contributed by atoms with Crippen molar-refractivity contribution in [3.05, 3.63) is 62.6 Å². The lowest BCUT2D eigenvalue weighted by Gasteiger charge is -2.02. The molecule has 3 rings (SSSR count). The van der Waals surface area contributed by atoms with Gasteiger partial charge in [-0.15, -0.1) is 11.3 Å². The van der Waals surface area contributed by atoms with Gasteiger partial charge in [0.25, 0.3) is 5.91 Å². The van der Waals surface area contributed by atoms with Gasteiger partial charge in [0.1, 0.15) is 5.82 Å². The third-order valence-corrected chi connectivity index (χ3v) is 5.31. The highest BCUT2D eigenvalue weighted by atomic mass is 79.9. The molecule has 0 atom stereocenters. The van der Waals surface area contributed by atoms with Crippen LogP contribution in [0.5, 0.6) is 0 Å². The first-order chi connectivity index (χ1) is 11.9. The Morgan fingerprint density at radius 3 is 2.72 bits per heavy atom. The number of hydrogen-bond donors (Lipinski definition) is 2. The van der Waals surface area contributed by atoms with Gasteiger partial charge in [-0.3, -0.25) is 15.2 Å². The number of anilines is 1. The van der Waals surface area contributed by atoms with Gasteiger partial charge in [0, 0.05) is 17.5 Å². The molecule has 3 aromatic rings. The monoisotopic (exact) mass is 422 g/mol. The Morgan fingerprint density at radius 2 is 2.08 bits per heavy atom. The molecule has 0 unspecified atom stereocenters. The quantitative estimate of drug-likeness (QED) is 0.623. The lowest BCUT2D eigenvalue weighted by Crippen LogP contribution is -2.12. The first-order valence-corrected chi connectivity index (χ1v) is 9.29. The average Bonchev–Trinajstić information content (AvgIpc) is 3.16. The Bertz CT molecular complexity index is 888. The van der Waals surface area contributed by atoms with E-state index in [1.54, 1.807) is 18.3 Å². The molecule has 0 bridgehead atoms. The van der Waals surface area contributed by atoms with Crippen molar-refractivity contribution in [1.29, 1.82) is 0 Å². The van der Waals surface area contributed by atoms with Gasteiger partial charge in [-0.2, -0.15) is 5.10 Å².